The van der Waals surface area contributed by atoms with Crippen molar-refractivity contribution in [2.24, 2.45) is 5.92 Å². The molecule has 132 valence electrons. The number of nitrogens with zero attached hydrogens (tertiary/aromatic N) is 1. The fraction of sp³-hybridized carbons (Fsp3) is 0.632. The average molecular weight is 349 g/mol. The van der Waals surface area contributed by atoms with Gasteiger partial charge in [0, 0.05) is 0 Å². The predicted octanol–water partition coefficient (Wildman–Crippen LogP) is 4.12. The molecule has 0 amide bonds. The molecule has 1 aromatic carbocycles. The van der Waals surface area contributed by atoms with Gasteiger partial charge in [-0.1, -0.05) is 52.2 Å². The van der Waals surface area contributed by atoms with Gasteiger partial charge < -0.3 is 0 Å². The van der Waals surface area contributed by atoms with Crippen LogP contribution < -0.4 is 4.72 Å². The third kappa shape index (κ3) is 4.17. The van der Waals surface area contributed by atoms with E-state index in [1.807, 2.05) is 12.1 Å². The van der Waals surface area contributed by atoms with Crippen molar-refractivity contribution in [1.29, 1.82) is 5.26 Å². The molecule has 0 saturated heterocycles. The zero-order valence-corrected chi connectivity index (χ0v) is 15.9. The monoisotopic (exact) mass is 348 g/mol. The smallest absolute Gasteiger partial charge is 0.207 e. The first-order chi connectivity index (χ1) is 11.1. The highest BCUT2D eigenvalue weighted by Crippen LogP contribution is 2.33. The van der Waals surface area contributed by atoms with E-state index in [1.165, 1.54) is 6.42 Å². The fourth-order valence-corrected chi connectivity index (χ4v) is 4.73. The first-order valence-electron chi connectivity index (χ1n) is 8.64. The van der Waals surface area contributed by atoms with Gasteiger partial charge in [0.1, 0.15) is 5.54 Å². The first-order valence-corrected chi connectivity index (χ1v) is 10.1. The van der Waals surface area contributed by atoms with E-state index in [2.05, 4.69) is 31.6 Å². The second kappa shape index (κ2) is 6.85. The van der Waals surface area contributed by atoms with Crippen LogP contribution in [0.25, 0.3) is 0 Å². The Labute approximate surface area is 146 Å². The van der Waals surface area contributed by atoms with Gasteiger partial charge in [-0.15, -0.1) is 0 Å². The minimum atomic E-state index is -3.71. The second-order valence-corrected chi connectivity index (χ2v) is 9.71. The van der Waals surface area contributed by atoms with Crippen LogP contribution >= 0.6 is 0 Å². The van der Waals surface area contributed by atoms with Gasteiger partial charge in [-0.25, -0.2) is 8.42 Å². The molecule has 0 aromatic heterocycles. The van der Waals surface area contributed by atoms with Gasteiger partial charge >= 0.3 is 0 Å². The molecule has 1 N–H and O–H groups in total. The Morgan fingerprint density at radius 2 is 1.58 bits per heavy atom. The van der Waals surface area contributed by atoms with Gasteiger partial charge in [0.05, 0.1) is 11.0 Å². The normalized spacial score (nSPS) is 19.5. The lowest BCUT2D eigenvalue weighted by atomic mass is 9.77. The van der Waals surface area contributed by atoms with Crippen molar-refractivity contribution in [3.05, 3.63) is 29.8 Å². The van der Waals surface area contributed by atoms with E-state index >= 15 is 0 Å². The Morgan fingerprint density at radius 1 is 1.04 bits per heavy atom. The molecule has 24 heavy (non-hydrogen) atoms. The fourth-order valence-electron chi connectivity index (χ4n) is 3.35. The van der Waals surface area contributed by atoms with Crippen LogP contribution in [0, 0.1) is 17.2 Å². The van der Waals surface area contributed by atoms with Crippen LogP contribution in [0.2, 0.25) is 0 Å². The summed E-state index contributed by atoms with van der Waals surface area (Å²) in [5, 5.41) is 9.62. The summed E-state index contributed by atoms with van der Waals surface area (Å²) in [5.74, 6) is 0.0693. The number of benzene rings is 1. The summed E-state index contributed by atoms with van der Waals surface area (Å²) in [7, 11) is -3.71. The molecule has 0 unspecified atom stereocenters. The number of hydrogen-bond donors (Lipinski definition) is 1. The Kier molecular flexibility index (Phi) is 5.41. The maximum Gasteiger partial charge on any atom is 0.241 e. The lowest BCUT2D eigenvalue weighted by molar-refractivity contribution is 0.253. The van der Waals surface area contributed by atoms with E-state index < -0.39 is 15.6 Å². The molecule has 1 aliphatic carbocycles. The Bertz CT molecular complexity index is 705. The molecule has 1 saturated carbocycles. The van der Waals surface area contributed by atoms with Gasteiger partial charge in [0.2, 0.25) is 10.0 Å². The molecule has 2 rings (SSSR count). The molecule has 1 fully saturated rings. The molecule has 1 atom stereocenters. The highest BCUT2D eigenvalue weighted by Gasteiger charge is 2.39. The largest absolute Gasteiger partial charge is 0.241 e. The van der Waals surface area contributed by atoms with Crippen molar-refractivity contribution < 1.29 is 8.42 Å². The third-order valence-corrected chi connectivity index (χ3v) is 6.62. The lowest BCUT2D eigenvalue weighted by Crippen LogP contribution is -2.50. The van der Waals surface area contributed by atoms with Gasteiger partial charge in [-0.05, 0) is 48.8 Å². The molecule has 1 aliphatic rings. The molecule has 5 heteroatoms. The molecular formula is C19H28N2O2S. The van der Waals surface area contributed by atoms with Crippen molar-refractivity contribution in [3.63, 3.8) is 0 Å². The minimum absolute atomic E-state index is 0.0288. The predicted molar refractivity (Wildman–Crippen MR) is 96.1 cm³/mol. The minimum Gasteiger partial charge on any atom is -0.207 e. The quantitative estimate of drug-likeness (QED) is 0.889. The summed E-state index contributed by atoms with van der Waals surface area (Å²) in [6, 6.07) is 9.16. The van der Waals surface area contributed by atoms with Crippen LogP contribution in [-0.4, -0.2) is 14.0 Å². The Morgan fingerprint density at radius 3 is 2.04 bits per heavy atom. The van der Waals surface area contributed by atoms with Crippen LogP contribution in [0.5, 0.6) is 0 Å². The topological polar surface area (TPSA) is 70.0 Å². The molecule has 0 aliphatic heterocycles. The molecule has 0 radical (unpaired) electrons. The van der Waals surface area contributed by atoms with Crippen molar-refractivity contribution in [2.75, 3.05) is 0 Å². The highest BCUT2D eigenvalue weighted by molar-refractivity contribution is 7.89. The molecule has 1 aromatic rings. The zero-order valence-electron chi connectivity index (χ0n) is 15.1. The SMILES string of the molecule is CC(C)(C)c1ccc(S(=O)(=O)N[C@@](C)(C#N)C2CCCCC2)cc1. The number of sulfonamides is 1. The average Bonchev–Trinajstić information content (AvgIpc) is 2.54. The van der Waals surface area contributed by atoms with Crippen LogP contribution in [0.15, 0.2) is 29.2 Å². The molecule has 0 heterocycles. The third-order valence-electron chi connectivity index (χ3n) is 5.03. The van der Waals surface area contributed by atoms with E-state index in [0.717, 1.165) is 31.2 Å². The zero-order chi connectivity index (χ0) is 18.0. The molecule has 4 nitrogen and oxygen atoms in total. The highest BCUT2D eigenvalue weighted by atomic mass is 32.2. The summed E-state index contributed by atoms with van der Waals surface area (Å²) < 4.78 is 28.2. The lowest BCUT2D eigenvalue weighted by Gasteiger charge is -2.34. The van der Waals surface area contributed by atoms with Gasteiger partial charge in [0.25, 0.3) is 0 Å². The summed E-state index contributed by atoms with van der Waals surface area (Å²) in [4.78, 5) is 0.216. The summed E-state index contributed by atoms with van der Waals surface area (Å²) in [5.41, 5.74) is -0.00205. The summed E-state index contributed by atoms with van der Waals surface area (Å²) in [6.45, 7) is 7.98. The van der Waals surface area contributed by atoms with Crippen LogP contribution in [0.4, 0.5) is 0 Å². The molecule has 0 spiro atoms. The van der Waals surface area contributed by atoms with Crippen LogP contribution in [0.1, 0.15) is 65.4 Å². The van der Waals surface area contributed by atoms with E-state index in [1.54, 1.807) is 19.1 Å². The maximum absolute atomic E-state index is 12.7. The number of rotatable bonds is 4. The molecular weight excluding hydrogens is 320 g/mol. The Hall–Kier alpha value is -1.38. The first kappa shape index (κ1) is 19.0. The van der Waals surface area contributed by atoms with Crippen LogP contribution in [0.3, 0.4) is 0 Å². The van der Waals surface area contributed by atoms with E-state index in [0.29, 0.717) is 0 Å². The van der Waals surface area contributed by atoms with E-state index in [4.69, 9.17) is 0 Å². The van der Waals surface area contributed by atoms with Crippen molar-refractivity contribution in [3.8, 4) is 6.07 Å². The van der Waals surface area contributed by atoms with Gasteiger partial charge in [-0.2, -0.15) is 9.98 Å². The van der Waals surface area contributed by atoms with Crippen molar-refractivity contribution in [2.45, 2.75) is 75.6 Å². The maximum atomic E-state index is 12.7. The summed E-state index contributed by atoms with van der Waals surface area (Å²) >= 11 is 0. The van der Waals surface area contributed by atoms with E-state index in [9.17, 15) is 13.7 Å². The van der Waals surface area contributed by atoms with Gasteiger partial charge in [-0.3, -0.25) is 0 Å². The number of nitriles is 1. The Balaban J connectivity index is 2.24. The number of hydrogen-bond acceptors (Lipinski definition) is 3. The standard InChI is InChI=1S/C19H28N2O2S/c1-18(2,3)15-10-12-17(13-11-15)24(22,23)21-19(4,14-20)16-8-6-5-7-9-16/h10-13,16,21H,5-9H2,1-4H3/t19-/m0/s1. The van der Waals surface area contributed by atoms with Crippen LogP contribution in [-0.2, 0) is 15.4 Å². The van der Waals surface area contributed by atoms with Gasteiger partial charge in [0.15, 0.2) is 0 Å². The number of nitrogens with one attached hydrogen (secondary N) is 1. The van der Waals surface area contributed by atoms with E-state index in [-0.39, 0.29) is 16.2 Å². The van der Waals surface area contributed by atoms with Crippen molar-refractivity contribution in [1.82, 2.24) is 4.72 Å². The van der Waals surface area contributed by atoms with Crippen molar-refractivity contribution >= 4 is 10.0 Å². The summed E-state index contributed by atoms with van der Waals surface area (Å²) in [6.07, 6.45) is 5.08. The second-order valence-electron chi connectivity index (χ2n) is 8.03. The molecule has 0 bridgehead atoms.